The first-order valence-electron chi connectivity index (χ1n) is 5.59. The highest BCUT2D eigenvalue weighted by Gasteiger charge is 2.36. The van der Waals surface area contributed by atoms with Crippen LogP contribution in [0.3, 0.4) is 0 Å². The molecule has 2 saturated heterocycles. The summed E-state index contributed by atoms with van der Waals surface area (Å²) in [5.41, 5.74) is 0.713. The Bertz CT molecular complexity index is 190. The fourth-order valence-corrected chi connectivity index (χ4v) is 2.71. The van der Waals surface area contributed by atoms with Gasteiger partial charge in [0.15, 0.2) is 0 Å². The Hall–Kier alpha value is -0.370. The molecule has 1 N–H and O–H groups in total. The molecule has 0 amide bonds. The Morgan fingerprint density at radius 2 is 1.69 bits per heavy atom. The van der Waals surface area contributed by atoms with Crippen molar-refractivity contribution in [2.45, 2.75) is 32.6 Å². The summed E-state index contributed by atoms with van der Waals surface area (Å²) in [5, 5.41) is 3.46. The van der Waals surface area contributed by atoms with Crippen molar-refractivity contribution in [1.82, 2.24) is 5.32 Å². The fraction of sp³-hybridized carbons (Fsp3) is 0.909. The number of nitrogens with one attached hydrogen (secondary N) is 1. The number of rotatable bonds is 0. The summed E-state index contributed by atoms with van der Waals surface area (Å²) in [6, 6.07) is 0. The number of hydrogen-bond donors (Lipinski definition) is 1. The van der Waals surface area contributed by atoms with Gasteiger partial charge < -0.3 is 5.32 Å². The minimum absolute atomic E-state index is 0.713. The minimum atomic E-state index is 0.713. The van der Waals surface area contributed by atoms with Crippen LogP contribution in [0.5, 0.6) is 0 Å². The lowest BCUT2D eigenvalue weighted by molar-refractivity contribution is -0.542. The van der Waals surface area contributed by atoms with E-state index in [0.29, 0.717) is 5.41 Å². The molecule has 0 aromatic heterocycles. The Kier molecular flexibility index (Phi) is 2.68. The zero-order chi connectivity index (χ0) is 9.15. The van der Waals surface area contributed by atoms with Gasteiger partial charge in [-0.25, -0.2) is 4.58 Å². The van der Waals surface area contributed by atoms with Crippen molar-refractivity contribution < 1.29 is 4.58 Å². The van der Waals surface area contributed by atoms with Crippen LogP contribution in [0.4, 0.5) is 0 Å². The van der Waals surface area contributed by atoms with Gasteiger partial charge in [-0.05, 0) is 31.3 Å². The van der Waals surface area contributed by atoms with Crippen LogP contribution in [-0.2, 0) is 0 Å². The van der Waals surface area contributed by atoms with Gasteiger partial charge in [0, 0.05) is 19.8 Å². The molecule has 2 aliphatic heterocycles. The second-order valence-electron chi connectivity index (χ2n) is 4.54. The molecule has 0 aliphatic carbocycles. The molecule has 2 heteroatoms. The molecule has 0 aromatic carbocycles. The van der Waals surface area contributed by atoms with Crippen LogP contribution in [0.15, 0.2) is 0 Å². The van der Waals surface area contributed by atoms with Crippen molar-refractivity contribution in [2.24, 2.45) is 5.41 Å². The van der Waals surface area contributed by atoms with Gasteiger partial charge in [-0.1, -0.05) is 0 Å². The van der Waals surface area contributed by atoms with Gasteiger partial charge in [0.1, 0.15) is 19.3 Å². The van der Waals surface area contributed by atoms with Gasteiger partial charge in [0.25, 0.3) is 0 Å². The number of piperidine rings is 2. The maximum Gasteiger partial charge on any atom is 0.143 e. The van der Waals surface area contributed by atoms with E-state index in [4.69, 9.17) is 0 Å². The standard InChI is InChI=1S/C11H21N2/c1-2-13-9-5-11(6-10-13)3-7-12-8-4-11/h2,12H,3-10H2,1H3/q+1. The molecule has 13 heavy (non-hydrogen) atoms. The molecule has 2 rings (SSSR count). The largest absolute Gasteiger partial charge is 0.317 e. The van der Waals surface area contributed by atoms with Crippen LogP contribution in [0.2, 0.25) is 0 Å². The third-order valence-electron chi connectivity index (χ3n) is 3.89. The third-order valence-corrected chi connectivity index (χ3v) is 3.89. The van der Waals surface area contributed by atoms with Crippen molar-refractivity contribution in [2.75, 3.05) is 26.2 Å². The molecular formula is C11H21N2+. The predicted octanol–water partition coefficient (Wildman–Crippen LogP) is 1.25. The molecule has 1 spiro atoms. The van der Waals surface area contributed by atoms with Crippen LogP contribution in [0, 0.1) is 5.41 Å². The maximum atomic E-state index is 3.46. The summed E-state index contributed by atoms with van der Waals surface area (Å²) in [5.74, 6) is 0. The maximum absolute atomic E-state index is 3.46. The second kappa shape index (κ2) is 3.79. The molecular weight excluding hydrogens is 160 g/mol. The number of nitrogens with zero attached hydrogens (tertiary/aromatic N) is 1. The van der Waals surface area contributed by atoms with Crippen LogP contribution in [0.25, 0.3) is 0 Å². The predicted molar refractivity (Wildman–Crippen MR) is 55.5 cm³/mol. The van der Waals surface area contributed by atoms with E-state index in [9.17, 15) is 0 Å². The molecule has 0 radical (unpaired) electrons. The van der Waals surface area contributed by atoms with Gasteiger partial charge in [-0.15, -0.1) is 0 Å². The summed E-state index contributed by atoms with van der Waals surface area (Å²) in [7, 11) is 0. The van der Waals surface area contributed by atoms with Crippen molar-refractivity contribution in [3.8, 4) is 0 Å². The van der Waals surface area contributed by atoms with Gasteiger partial charge in [0.2, 0.25) is 0 Å². The van der Waals surface area contributed by atoms with Crippen LogP contribution < -0.4 is 5.32 Å². The van der Waals surface area contributed by atoms with E-state index < -0.39 is 0 Å². The van der Waals surface area contributed by atoms with Crippen molar-refractivity contribution >= 4 is 6.21 Å². The van der Waals surface area contributed by atoms with E-state index in [2.05, 4.69) is 23.0 Å². The average Bonchev–Trinajstić information content (AvgIpc) is 2.20. The average molecular weight is 181 g/mol. The Morgan fingerprint density at radius 3 is 2.23 bits per heavy atom. The summed E-state index contributed by atoms with van der Waals surface area (Å²) in [6.45, 7) is 7.22. The summed E-state index contributed by atoms with van der Waals surface area (Å²) < 4.78 is 2.47. The molecule has 2 nitrogen and oxygen atoms in total. The topological polar surface area (TPSA) is 15.0 Å². The van der Waals surface area contributed by atoms with Crippen molar-refractivity contribution in [1.29, 1.82) is 0 Å². The highest BCUT2D eigenvalue weighted by atomic mass is 15.0. The van der Waals surface area contributed by atoms with Crippen molar-refractivity contribution in [3.63, 3.8) is 0 Å². The second-order valence-corrected chi connectivity index (χ2v) is 4.54. The quantitative estimate of drug-likeness (QED) is 0.556. The zero-order valence-electron chi connectivity index (χ0n) is 8.68. The third kappa shape index (κ3) is 1.93. The molecule has 2 aliphatic rings. The molecule has 0 unspecified atom stereocenters. The van der Waals surface area contributed by atoms with E-state index in [1.165, 1.54) is 51.9 Å². The molecule has 0 atom stereocenters. The van der Waals surface area contributed by atoms with Gasteiger partial charge in [-0.3, -0.25) is 0 Å². The van der Waals surface area contributed by atoms with Crippen LogP contribution >= 0.6 is 0 Å². The first-order chi connectivity index (χ1) is 6.35. The van der Waals surface area contributed by atoms with E-state index in [1.807, 2.05) is 0 Å². The zero-order valence-corrected chi connectivity index (χ0v) is 8.68. The lowest BCUT2D eigenvalue weighted by Gasteiger charge is -2.39. The summed E-state index contributed by atoms with van der Waals surface area (Å²) in [6.07, 6.45) is 7.89. The smallest absolute Gasteiger partial charge is 0.143 e. The van der Waals surface area contributed by atoms with Crippen molar-refractivity contribution in [3.05, 3.63) is 0 Å². The molecule has 0 aromatic rings. The van der Waals surface area contributed by atoms with Crippen LogP contribution in [0.1, 0.15) is 32.6 Å². The minimum Gasteiger partial charge on any atom is -0.317 e. The highest BCUT2D eigenvalue weighted by Crippen LogP contribution is 2.38. The van der Waals surface area contributed by atoms with Crippen LogP contribution in [-0.4, -0.2) is 37.0 Å². The molecule has 0 saturated carbocycles. The lowest BCUT2D eigenvalue weighted by Crippen LogP contribution is -2.43. The normalized spacial score (nSPS) is 27.6. The molecule has 2 fully saturated rings. The summed E-state index contributed by atoms with van der Waals surface area (Å²) >= 11 is 0. The monoisotopic (exact) mass is 181 g/mol. The SMILES string of the molecule is CC=[N+]1CCC2(CCNCC2)CC1. The first-order valence-corrected chi connectivity index (χ1v) is 5.59. The van der Waals surface area contributed by atoms with Gasteiger partial charge in [-0.2, -0.15) is 0 Å². The number of hydrogen-bond acceptors (Lipinski definition) is 1. The molecule has 2 heterocycles. The highest BCUT2D eigenvalue weighted by molar-refractivity contribution is 5.46. The Morgan fingerprint density at radius 1 is 1.08 bits per heavy atom. The van der Waals surface area contributed by atoms with E-state index in [0.717, 1.165) is 0 Å². The molecule has 0 bridgehead atoms. The summed E-state index contributed by atoms with van der Waals surface area (Å²) in [4.78, 5) is 0. The Labute approximate surface area is 81.0 Å². The van der Waals surface area contributed by atoms with Gasteiger partial charge >= 0.3 is 0 Å². The lowest BCUT2D eigenvalue weighted by atomic mass is 9.72. The first kappa shape index (κ1) is 9.20. The molecule has 74 valence electrons. The van der Waals surface area contributed by atoms with E-state index in [1.54, 1.807) is 0 Å². The van der Waals surface area contributed by atoms with E-state index in [-0.39, 0.29) is 0 Å². The van der Waals surface area contributed by atoms with E-state index >= 15 is 0 Å². The fourth-order valence-electron chi connectivity index (χ4n) is 2.71. The Balaban J connectivity index is 1.95. The van der Waals surface area contributed by atoms with Gasteiger partial charge in [0.05, 0.1) is 0 Å².